The van der Waals surface area contributed by atoms with Crippen LogP contribution in [0.15, 0.2) is 24.3 Å². The molecular weight excluding hydrogens is 415 g/mol. The Balaban J connectivity index is 1.43. The monoisotopic (exact) mass is 444 g/mol. The topological polar surface area (TPSA) is 102 Å². The lowest BCUT2D eigenvalue weighted by atomic mass is 9.95. The number of carbonyl (C=O) groups excluding carboxylic acids is 2. The fraction of sp³-hybridized carbons (Fsp3) is 0.591. The Labute approximate surface area is 186 Å². The molecule has 1 saturated carbocycles. The molecule has 9 nitrogen and oxygen atoms in total. The number of hydrogen-bond acceptors (Lipinski definition) is 6. The summed E-state index contributed by atoms with van der Waals surface area (Å²) in [7, 11) is 0. The molecule has 1 atom stereocenters. The zero-order chi connectivity index (χ0) is 22.3. The van der Waals surface area contributed by atoms with E-state index in [2.05, 4.69) is 20.8 Å². The summed E-state index contributed by atoms with van der Waals surface area (Å²) in [6.07, 6.45) is 7.14. The molecule has 2 aliphatic rings. The average Bonchev–Trinajstić information content (AvgIpc) is 3.47. The van der Waals surface area contributed by atoms with Crippen LogP contribution in [0.4, 0.5) is 4.39 Å². The molecule has 1 aromatic heterocycles. The van der Waals surface area contributed by atoms with Crippen LogP contribution in [0.1, 0.15) is 44.9 Å². The van der Waals surface area contributed by atoms with Crippen molar-refractivity contribution in [1.82, 2.24) is 30.4 Å². The van der Waals surface area contributed by atoms with Crippen molar-refractivity contribution in [3.8, 4) is 11.4 Å². The van der Waals surface area contributed by atoms with Crippen molar-refractivity contribution >= 4 is 11.8 Å². The van der Waals surface area contributed by atoms with Crippen LogP contribution in [-0.4, -0.2) is 68.8 Å². The normalized spacial score (nSPS) is 19.1. The van der Waals surface area contributed by atoms with Crippen LogP contribution in [-0.2, 0) is 20.9 Å². The summed E-state index contributed by atoms with van der Waals surface area (Å²) in [5.74, 6) is -0.425. The van der Waals surface area contributed by atoms with Gasteiger partial charge in [0.25, 0.3) is 0 Å². The fourth-order valence-electron chi connectivity index (χ4n) is 4.33. The van der Waals surface area contributed by atoms with Crippen LogP contribution < -0.4 is 5.32 Å². The number of nitrogens with zero attached hydrogens (tertiary/aromatic N) is 5. The minimum atomic E-state index is -0.365. The molecule has 1 aliphatic carbocycles. The van der Waals surface area contributed by atoms with Crippen molar-refractivity contribution in [2.75, 3.05) is 19.7 Å². The number of ether oxygens (including phenoxy) is 1. The van der Waals surface area contributed by atoms with E-state index < -0.39 is 0 Å². The van der Waals surface area contributed by atoms with Gasteiger partial charge in [0.05, 0.1) is 12.6 Å². The number of nitrogens with one attached hydrogen (secondary N) is 1. The fourth-order valence-corrected chi connectivity index (χ4v) is 4.33. The van der Waals surface area contributed by atoms with Crippen LogP contribution >= 0.6 is 0 Å². The second-order valence-electron chi connectivity index (χ2n) is 8.48. The number of halogens is 1. The average molecular weight is 445 g/mol. The number of amides is 2. The van der Waals surface area contributed by atoms with Crippen molar-refractivity contribution in [2.24, 2.45) is 0 Å². The molecule has 10 heteroatoms. The molecule has 1 saturated heterocycles. The molecule has 1 N–H and O–H groups in total. The van der Waals surface area contributed by atoms with Crippen LogP contribution in [0.5, 0.6) is 0 Å². The highest BCUT2D eigenvalue weighted by atomic mass is 19.1. The van der Waals surface area contributed by atoms with Gasteiger partial charge in [-0.3, -0.25) is 9.59 Å². The Hall–Kier alpha value is -2.88. The number of tetrazole rings is 1. The molecule has 0 radical (unpaired) electrons. The third-order valence-electron chi connectivity index (χ3n) is 6.02. The molecule has 2 amide bonds. The molecule has 2 fully saturated rings. The minimum absolute atomic E-state index is 0.0246. The Morgan fingerprint density at radius 3 is 2.62 bits per heavy atom. The molecule has 2 aromatic rings. The van der Waals surface area contributed by atoms with Gasteiger partial charge in [-0.05, 0) is 60.4 Å². The molecule has 0 spiro atoms. The summed E-state index contributed by atoms with van der Waals surface area (Å²) >= 11 is 0. The predicted octanol–water partition coefficient (Wildman–Crippen LogP) is 1.94. The third-order valence-corrected chi connectivity index (χ3v) is 6.02. The van der Waals surface area contributed by atoms with Crippen molar-refractivity contribution < 1.29 is 18.7 Å². The zero-order valence-electron chi connectivity index (χ0n) is 18.1. The highest BCUT2D eigenvalue weighted by Crippen LogP contribution is 2.19. The molecule has 2 heterocycles. The van der Waals surface area contributed by atoms with E-state index in [1.807, 2.05) is 0 Å². The van der Waals surface area contributed by atoms with E-state index in [4.69, 9.17) is 4.74 Å². The lowest BCUT2D eigenvalue weighted by molar-refractivity contribution is -0.138. The van der Waals surface area contributed by atoms with Gasteiger partial charge in [0, 0.05) is 24.8 Å². The number of rotatable bonds is 8. The van der Waals surface area contributed by atoms with E-state index in [0.717, 1.165) is 38.5 Å². The maximum Gasteiger partial charge on any atom is 0.245 e. The summed E-state index contributed by atoms with van der Waals surface area (Å²) in [6.45, 7) is 0.875. The Morgan fingerprint density at radius 2 is 1.91 bits per heavy atom. The highest BCUT2D eigenvalue weighted by molar-refractivity contribution is 5.85. The lowest BCUT2D eigenvalue weighted by Crippen LogP contribution is -2.47. The number of benzene rings is 1. The van der Waals surface area contributed by atoms with Crippen molar-refractivity contribution in [2.45, 2.75) is 63.6 Å². The van der Waals surface area contributed by atoms with Crippen molar-refractivity contribution in [1.29, 1.82) is 0 Å². The molecule has 0 bridgehead atoms. The zero-order valence-corrected chi connectivity index (χ0v) is 18.1. The summed E-state index contributed by atoms with van der Waals surface area (Å²) in [4.78, 5) is 27.4. The second kappa shape index (κ2) is 10.6. The molecule has 1 aliphatic heterocycles. The summed E-state index contributed by atoms with van der Waals surface area (Å²) in [6, 6.07) is 5.93. The maximum atomic E-state index is 13.3. The quantitative estimate of drug-likeness (QED) is 0.668. The van der Waals surface area contributed by atoms with Crippen LogP contribution in [0, 0.1) is 5.82 Å². The van der Waals surface area contributed by atoms with E-state index in [1.54, 1.807) is 12.1 Å². The summed E-state index contributed by atoms with van der Waals surface area (Å²) < 4.78 is 20.3. The van der Waals surface area contributed by atoms with Gasteiger partial charge < -0.3 is 15.0 Å². The smallest absolute Gasteiger partial charge is 0.245 e. The molecule has 172 valence electrons. The van der Waals surface area contributed by atoms with Gasteiger partial charge in [-0.1, -0.05) is 19.3 Å². The van der Waals surface area contributed by atoms with Gasteiger partial charge in [0.15, 0.2) is 5.82 Å². The van der Waals surface area contributed by atoms with Crippen molar-refractivity contribution in [3.63, 3.8) is 0 Å². The van der Waals surface area contributed by atoms with Gasteiger partial charge in [-0.15, -0.1) is 5.10 Å². The van der Waals surface area contributed by atoms with Crippen molar-refractivity contribution in [3.05, 3.63) is 30.1 Å². The SMILES string of the molecule is O=C(CN(CC1CCCO1)C(=O)Cn1nnnc1-c1ccc(F)cc1)NC1CCCCC1. The molecule has 1 aromatic carbocycles. The van der Waals surface area contributed by atoms with Gasteiger partial charge in [0.1, 0.15) is 12.4 Å². The largest absolute Gasteiger partial charge is 0.376 e. The van der Waals surface area contributed by atoms with E-state index >= 15 is 0 Å². The van der Waals surface area contributed by atoms with E-state index in [-0.39, 0.29) is 42.9 Å². The predicted molar refractivity (Wildman–Crippen MR) is 114 cm³/mol. The molecule has 4 rings (SSSR count). The first-order valence-corrected chi connectivity index (χ1v) is 11.3. The summed E-state index contributed by atoms with van der Waals surface area (Å²) in [5.41, 5.74) is 0.602. The lowest BCUT2D eigenvalue weighted by Gasteiger charge is -2.27. The van der Waals surface area contributed by atoms with E-state index in [9.17, 15) is 14.0 Å². The summed E-state index contributed by atoms with van der Waals surface area (Å²) in [5, 5.41) is 14.6. The first kappa shape index (κ1) is 22.3. The first-order chi connectivity index (χ1) is 15.6. The van der Waals surface area contributed by atoms with Gasteiger partial charge >= 0.3 is 0 Å². The minimum Gasteiger partial charge on any atom is -0.376 e. The third kappa shape index (κ3) is 5.87. The van der Waals surface area contributed by atoms with Gasteiger partial charge in [-0.25, -0.2) is 9.07 Å². The highest BCUT2D eigenvalue weighted by Gasteiger charge is 2.26. The van der Waals surface area contributed by atoms with Crippen LogP contribution in [0.25, 0.3) is 11.4 Å². The standard InChI is InChI=1S/C22H29FN6O3/c23-17-10-8-16(9-11-17)22-25-26-27-29(22)15-21(31)28(13-19-7-4-12-32-19)14-20(30)24-18-5-2-1-3-6-18/h8-11,18-19H,1-7,12-15H2,(H,24,30). The maximum absolute atomic E-state index is 13.3. The first-order valence-electron chi connectivity index (χ1n) is 11.3. The Bertz CT molecular complexity index is 907. The second-order valence-corrected chi connectivity index (χ2v) is 8.48. The Morgan fingerprint density at radius 1 is 1.12 bits per heavy atom. The molecular formula is C22H29FN6O3. The molecule has 1 unspecified atom stereocenters. The number of carbonyl (C=O) groups is 2. The van der Waals surface area contributed by atoms with Crippen LogP contribution in [0.2, 0.25) is 0 Å². The number of aromatic nitrogens is 4. The van der Waals surface area contributed by atoms with Gasteiger partial charge in [-0.2, -0.15) is 0 Å². The van der Waals surface area contributed by atoms with E-state index in [0.29, 0.717) is 24.5 Å². The number of hydrogen-bond donors (Lipinski definition) is 1. The van der Waals surface area contributed by atoms with Gasteiger partial charge in [0.2, 0.25) is 11.8 Å². The van der Waals surface area contributed by atoms with E-state index in [1.165, 1.54) is 28.1 Å². The van der Waals surface area contributed by atoms with Crippen LogP contribution in [0.3, 0.4) is 0 Å². The Kier molecular flexibility index (Phi) is 7.41. The molecule has 32 heavy (non-hydrogen) atoms.